The third kappa shape index (κ3) is 2.23. The molecular weight excluding hydrogens is 334 g/mol. The van der Waals surface area contributed by atoms with E-state index in [1.54, 1.807) is 23.8 Å². The van der Waals surface area contributed by atoms with E-state index in [4.69, 9.17) is 4.74 Å². The zero-order valence-corrected chi connectivity index (χ0v) is 15.2. The standard InChI is InChI=1S/C19H23N3O4/c1-11(24)21-8-19(9-21)10-22(12(2)25)16(7-23)18-17(19)14-5-4-13(26-3)6-15(14)20-18/h4-6,16,20,23H,7-10H2,1-3H3/t16-/m0/s1. The average Bonchev–Trinajstić information content (AvgIpc) is 2.96. The number of amides is 2. The summed E-state index contributed by atoms with van der Waals surface area (Å²) >= 11 is 0. The molecule has 1 saturated heterocycles. The van der Waals surface area contributed by atoms with Gasteiger partial charge in [-0.25, -0.2) is 0 Å². The number of rotatable bonds is 2. The summed E-state index contributed by atoms with van der Waals surface area (Å²) in [6.45, 7) is 4.60. The average molecular weight is 357 g/mol. The van der Waals surface area contributed by atoms with Crippen molar-refractivity contribution in [2.75, 3.05) is 33.4 Å². The first-order valence-electron chi connectivity index (χ1n) is 8.74. The number of aromatic amines is 1. The van der Waals surface area contributed by atoms with Crippen molar-refractivity contribution < 1.29 is 19.4 Å². The fraction of sp³-hybridized carbons (Fsp3) is 0.474. The minimum absolute atomic E-state index is 0.0392. The van der Waals surface area contributed by atoms with Crippen molar-refractivity contribution in [2.45, 2.75) is 25.3 Å². The number of fused-ring (bicyclic) bond motifs is 4. The van der Waals surface area contributed by atoms with Crippen molar-refractivity contribution in [3.05, 3.63) is 29.5 Å². The minimum atomic E-state index is -0.405. The van der Waals surface area contributed by atoms with Crippen LogP contribution < -0.4 is 4.74 Å². The van der Waals surface area contributed by atoms with Crippen molar-refractivity contribution in [1.29, 1.82) is 0 Å². The summed E-state index contributed by atoms with van der Waals surface area (Å²) in [4.78, 5) is 30.9. The quantitative estimate of drug-likeness (QED) is 0.845. The number of aliphatic hydroxyl groups is 1. The topological polar surface area (TPSA) is 85.9 Å². The Morgan fingerprint density at radius 1 is 1.27 bits per heavy atom. The fourth-order valence-electron chi connectivity index (χ4n) is 4.50. The molecule has 138 valence electrons. The number of aliphatic hydroxyl groups excluding tert-OH is 1. The molecule has 0 unspecified atom stereocenters. The SMILES string of the molecule is COc1ccc2c3c([nH]c2c1)[C@H](CO)N(C(C)=O)CC31CN(C(C)=O)C1. The Bertz CT molecular complexity index is 898. The summed E-state index contributed by atoms with van der Waals surface area (Å²) in [5.74, 6) is 0.706. The molecule has 2 aliphatic rings. The number of nitrogens with zero attached hydrogens (tertiary/aromatic N) is 2. The second kappa shape index (κ2) is 5.74. The van der Waals surface area contributed by atoms with Crippen molar-refractivity contribution in [3.8, 4) is 5.75 Å². The Morgan fingerprint density at radius 2 is 2.00 bits per heavy atom. The summed E-state index contributed by atoms with van der Waals surface area (Å²) < 4.78 is 5.32. The first-order valence-corrected chi connectivity index (χ1v) is 8.74. The molecule has 1 spiro atoms. The number of aromatic nitrogens is 1. The summed E-state index contributed by atoms with van der Waals surface area (Å²) in [7, 11) is 1.62. The van der Waals surface area contributed by atoms with Gasteiger partial charge in [0.25, 0.3) is 0 Å². The van der Waals surface area contributed by atoms with Gasteiger partial charge >= 0.3 is 0 Å². The number of methoxy groups -OCH3 is 1. The van der Waals surface area contributed by atoms with Crippen LogP contribution in [0.3, 0.4) is 0 Å². The molecule has 1 fully saturated rings. The summed E-state index contributed by atoms with van der Waals surface area (Å²) in [5, 5.41) is 11.0. The zero-order valence-electron chi connectivity index (χ0n) is 15.2. The lowest BCUT2D eigenvalue weighted by molar-refractivity contribution is -0.142. The van der Waals surface area contributed by atoms with E-state index in [2.05, 4.69) is 4.98 Å². The molecular formula is C19H23N3O4. The highest BCUT2D eigenvalue weighted by Crippen LogP contribution is 2.48. The van der Waals surface area contributed by atoms with Gasteiger partial charge in [0.15, 0.2) is 0 Å². The van der Waals surface area contributed by atoms with Crippen LogP contribution in [0, 0.1) is 0 Å². The van der Waals surface area contributed by atoms with Crippen LogP contribution in [0.15, 0.2) is 18.2 Å². The van der Waals surface area contributed by atoms with Gasteiger partial charge in [-0.15, -0.1) is 0 Å². The molecule has 2 amide bonds. The molecule has 2 aromatic rings. The van der Waals surface area contributed by atoms with E-state index < -0.39 is 6.04 Å². The molecule has 1 aromatic carbocycles. The Kier molecular flexibility index (Phi) is 3.73. The Hall–Kier alpha value is -2.54. The third-order valence-electron chi connectivity index (χ3n) is 5.76. The number of carbonyl (C=O) groups is 2. The van der Waals surface area contributed by atoms with Gasteiger partial charge in [-0.05, 0) is 17.7 Å². The van der Waals surface area contributed by atoms with E-state index in [-0.39, 0.29) is 23.8 Å². The highest BCUT2D eigenvalue weighted by Gasteiger charge is 2.54. The first kappa shape index (κ1) is 16.9. The normalized spacial score (nSPS) is 20.8. The molecule has 7 heteroatoms. The van der Waals surface area contributed by atoms with Gasteiger partial charge in [0.05, 0.1) is 25.2 Å². The molecule has 2 N–H and O–H groups in total. The largest absolute Gasteiger partial charge is 0.497 e. The Labute approximate surface area is 151 Å². The highest BCUT2D eigenvalue weighted by atomic mass is 16.5. The molecule has 3 heterocycles. The monoisotopic (exact) mass is 357 g/mol. The van der Waals surface area contributed by atoms with Gasteiger partial charge < -0.3 is 24.6 Å². The summed E-state index contributed by atoms with van der Waals surface area (Å²) in [6.07, 6.45) is 0. The lowest BCUT2D eigenvalue weighted by atomic mass is 9.68. The van der Waals surface area contributed by atoms with Gasteiger partial charge in [0, 0.05) is 56.1 Å². The Balaban J connectivity index is 1.91. The fourth-order valence-corrected chi connectivity index (χ4v) is 4.50. The summed E-state index contributed by atoms with van der Waals surface area (Å²) in [5.41, 5.74) is 2.59. The van der Waals surface area contributed by atoms with Crippen LogP contribution in [0.5, 0.6) is 5.75 Å². The number of likely N-dealkylation sites (tertiary alicyclic amines) is 1. The van der Waals surface area contributed by atoms with Gasteiger partial charge in [0.2, 0.25) is 11.8 Å². The van der Waals surface area contributed by atoms with Crippen molar-refractivity contribution >= 4 is 22.7 Å². The molecule has 1 atom stereocenters. The van der Waals surface area contributed by atoms with Crippen LogP contribution in [-0.4, -0.2) is 65.1 Å². The van der Waals surface area contributed by atoms with Crippen molar-refractivity contribution in [1.82, 2.24) is 14.8 Å². The van der Waals surface area contributed by atoms with Gasteiger partial charge in [0.1, 0.15) is 5.75 Å². The van der Waals surface area contributed by atoms with E-state index in [1.807, 2.05) is 18.2 Å². The van der Waals surface area contributed by atoms with Gasteiger partial charge in [-0.3, -0.25) is 9.59 Å². The van der Waals surface area contributed by atoms with E-state index in [0.717, 1.165) is 27.9 Å². The molecule has 7 nitrogen and oxygen atoms in total. The number of hydrogen-bond donors (Lipinski definition) is 2. The maximum absolute atomic E-state index is 12.2. The number of nitrogens with one attached hydrogen (secondary N) is 1. The van der Waals surface area contributed by atoms with E-state index in [9.17, 15) is 14.7 Å². The van der Waals surface area contributed by atoms with Crippen LogP contribution in [-0.2, 0) is 15.0 Å². The molecule has 2 aliphatic heterocycles. The molecule has 0 saturated carbocycles. The predicted octanol–water partition coefficient (Wildman–Crippen LogP) is 1.17. The highest BCUT2D eigenvalue weighted by molar-refractivity contribution is 5.89. The first-order chi connectivity index (χ1) is 12.4. The Morgan fingerprint density at radius 3 is 2.58 bits per heavy atom. The second-order valence-electron chi connectivity index (χ2n) is 7.33. The number of H-pyrrole nitrogens is 1. The van der Waals surface area contributed by atoms with Crippen LogP contribution in [0.25, 0.3) is 10.9 Å². The van der Waals surface area contributed by atoms with E-state index >= 15 is 0 Å². The summed E-state index contributed by atoms with van der Waals surface area (Å²) in [6, 6.07) is 5.45. The maximum Gasteiger partial charge on any atom is 0.220 e. The lowest BCUT2D eigenvalue weighted by Crippen LogP contribution is -2.67. The third-order valence-corrected chi connectivity index (χ3v) is 5.76. The minimum Gasteiger partial charge on any atom is -0.497 e. The molecule has 1 aromatic heterocycles. The number of carbonyl (C=O) groups excluding carboxylic acids is 2. The van der Waals surface area contributed by atoms with E-state index in [0.29, 0.717) is 19.6 Å². The van der Waals surface area contributed by atoms with Crippen LogP contribution in [0.2, 0.25) is 0 Å². The van der Waals surface area contributed by atoms with E-state index in [1.165, 1.54) is 6.92 Å². The van der Waals surface area contributed by atoms with Crippen LogP contribution in [0.4, 0.5) is 0 Å². The van der Waals surface area contributed by atoms with Gasteiger partial charge in [-0.2, -0.15) is 0 Å². The second-order valence-corrected chi connectivity index (χ2v) is 7.33. The zero-order chi connectivity index (χ0) is 18.6. The number of ether oxygens (including phenoxy) is 1. The molecule has 0 bridgehead atoms. The van der Waals surface area contributed by atoms with Crippen LogP contribution >= 0.6 is 0 Å². The molecule has 4 rings (SSSR count). The molecule has 0 aliphatic carbocycles. The number of hydrogen-bond acceptors (Lipinski definition) is 4. The smallest absolute Gasteiger partial charge is 0.220 e. The van der Waals surface area contributed by atoms with Crippen LogP contribution in [0.1, 0.15) is 31.1 Å². The molecule has 26 heavy (non-hydrogen) atoms. The maximum atomic E-state index is 12.2. The lowest BCUT2D eigenvalue weighted by Gasteiger charge is -2.55. The molecule has 0 radical (unpaired) electrons. The van der Waals surface area contributed by atoms with Crippen molar-refractivity contribution in [3.63, 3.8) is 0 Å². The predicted molar refractivity (Wildman–Crippen MR) is 96.0 cm³/mol. The van der Waals surface area contributed by atoms with Crippen molar-refractivity contribution in [2.24, 2.45) is 0 Å². The number of benzene rings is 1. The van der Waals surface area contributed by atoms with Gasteiger partial charge in [-0.1, -0.05) is 0 Å².